The Hall–Kier alpha value is -1.91. The van der Waals surface area contributed by atoms with Gasteiger partial charge in [-0.05, 0) is 23.3 Å². The molecule has 4 nitrogen and oxygen atoms in total. The van der Waals surface area contributed by atoms with Gasteiger partial charge in [-0.3, -0.25) is 15.0 Å². The van der Waals surface area contributed by atoms with E-state index in [1.54, 1.807) is 12.1 Å². The van der Waals surface area contributed by atoms with Crippen LogP contribution in [0.2, 0.25) is 5.02 Å². The second kappa shape index (κ2) is 6.46. The molecule has 3 rings (SSSR count). The number of hydrogen-bond donors (Lipinski definition) is 0. The summed E-state index contributed by atoms with van der Waals surface area (Å²) in [6.45, 7) is 1.92. The van der Waals surface area contributed by atoms with E-state index in [0.29, 0.717) is 18.1 Å². The minimum Gasteiger partial charge on any atom is -0.292 e. The molecule has 114 valence electrons. The summed E-state index contributed by atoms with van der Waals surface area (Å²) in [4.78, 5) is 13.4. The van der Waals surface area contributed by atoms with E-state index < -0.39 is 6.04 Å². The van der Waals surface area contributed by atoms with E-state index in [-0.39, 0.29) is 10.8 Å². The van der Waals surface area contributed by atoms with Crippen molar-refractivity contribution >= 4 is 11.6 Å². The fourth-order valence-corrected chi connectivity index (χ4v) is 3.21. The van der Waals surface area contributed by atoms with Gasteiger partial charge in [0.2, 0.25) is 6.04 Å². The Balaban J connectivity index is 1.77. The third-order valence-corrected chi connectivity index (χ3v) is 4.43. The largest absolute Gasteiger partial charge is 0.292 e. The molecule has 5 heteroatoms. The van der Waals surface area contributed by atoms with Crippen LogP contribution in [-0.2, 0) is 6.54 Å². The van der Waals surface area contributed by atoms with Crippen LogP contribution in [0.3, 0.4) is 0 Å². The first-order chi connectivity index (χ1) is 10.6. The van der Waals surface area contributed by atoms with Crippen LogP contribution in [0.5, 0.6) is 0 Å². The third-order valence-electron chi connectivity index (χ3n) is 4.18. The summed E-state index contributed by atoms with van der Waals surface area (Å²) in [7, 11) is 0. The summed E-state index contributed by atoms with van der Waals surface area (Å²) in [6.07, 6.45) is 0. The second-order valence-electron chi connectivity index (χ2n) is 5.69. The van der Waals surface area contributed by atoms with Crippen molar-refractivity contribution in [3.63, 3.8) is 0 Å². The summed E-state index contributed by atoms with van der Waals surface area (Å²) in [6, 6.07) is 16.9. The number of nitro groups is 1. The highest BCUT2D eigenvalue weighted by molar-refractivity contribution is 6.30. The van der Waals surface area contributed by atoms with Gasteiger partial charge in [0.25, 0.3) is 0 Å². The standard InChI is InChI=1S/C17H17ClN2O2/c18-15-8-6-14(7-9-15)16-11-19(12-17(16)20(21)22)10-13-4-2-1-3-5-13/h1-9,16-17H,10-12H2/t16-,17+/m1/s1. The van der Waals surface area contributed by atoms with Crippen LogP contribution in [-0.4, -0.2) is 29.0 Å². The Morgan fingerprint density at radius 1 is 1.09 bits per heavy atom. The predicted molar refractivity (Wildman–Crippen MR) is 86.7 cm³/mol. The van der Waals surface area contributed by atoms with Crippen LogP contribution in [0.15, 0.2) is 54.6 Å². The van der Waals surface area contributed by atoms with Gasteiger partial charge in [-0.15, -0.1) is 0 Å². The third kappa shape index (κ3) is 3.29. The minimum atomic E-state index is -0.565. The van der Waals surface area contributed by atoms with E-state index in [2.05, 4.69) is 17.0 Å². The van der Waals surface area contributed by atoms with Gasteiger partial charge in [0.15, 0.2) is 0 Å². The molecule has 2 atom stereocenters. The zero-order valence-electron chi connectivity index (χ0n) is 12.1. The monoisotopic (exact) mass is 316 g/mol. The molecule has 0 radical (unpaired) electrons. The summed E-state index contributed by atoms with van der Waals surface area (Å²) in [5, 5.41) is 12.1. The Labute approximate surface area is 134 Å². The molecule has 1 saturated heterocycles. The molecule has 1 fully saturated rings. The molecular formula is C17H17ClN2O2. The molecule has 0 aliphatic carbocycles. The average molecular weight is 317 g/mol. The van der Waals surface area contributed by atoms with Gasteiger partial charge in [0, 0.05) is 23.0 Å². The summed E-state index contributed by atoms with van der Waals surface area (Å²) < 4.78 is 0. The van der Waals surface area contributed by atoms with E-state index in [4.69, 9.17) is 11.6 Å². The number of benzene rings is 2. The lowest BCUT2D eigenvalue weighted by Gasteiger charge is -2.15. The van der Waals surface area contributed by atoms with Crippen LogP contribution in [0, 0.1) is 10.1 Å². The summed E-state index contributed by atoms with van der Waals surface area (Å²) in [5.74, 6) is -0.0871. The maximum atomic E-state index is 11.4. The average Bonchev–Trinajstić information content (AvgIpc) is 2.93. The molecular weight excluding hydrogens is 300 g/mol. The zero-order chi connectivity index (χ0) is 15.5. The summed E-state index contributed by atoms with van der Waals surface area (Å²) >= 11 is 5.91. The predicted octanol–water partition coefficient (Wildman–Crippen LogP) is 3.58. The first-order valence-electron chi connectivity index (χ1n) is 7.29. The number of hydrogen-bond acceptors (Lipinski definition) is 3. The van der Waals surface area contributed by atoms with Crippen molar-refractivity contribution in [1.29, 1.82) is 0 Å². The topological polar surface area (TPSA) is 46.4 Å². The lowest BCUT2D eigenvalue weighted by molar-refractivity contribution is -0.521. The Morgan fingerprint density at radius 2 is 1.77 bits per heavy atom. The second-order valence-corrected chi connectivity index (χ2v) is 6.13. The molecule has 0 aromatic heterocycles. The highest BCUT2D eigenvalue weighted by Gasteiger charge is 2.41. The Bertz CT molecular complexity index is 645. The molecule has 0 bridgehead atoms. The molecule has 1 heterocycles. The number of likely N-dealkylation sites (tertiary alicyclic amines) is 1. The van der Waals surface area contributed by atoms with E-state index >= 15 is 0 Å². The van der Waals surface area contributed by atoms with Gasteiger partial charge in [0.1, 0.15) is 0 Å². The molecule has 0 amide bonds. The van der Waals surface area contributed by atoms with Crippen LogP contribution in [0.4, 0.5) is 0 Å². The lowest BCUT2D eigenvalue weighted by atomic mass is 9.95. The number of halogens is 1. The molecule has 1 aliphatic heterocycles. The van der Waals surface area contributed by atoms with E-state index in [1.165, 1.54) is 5.56 Å². The van der Waals surface area contributed by atoms with Crippen molar-refractivity contribution in [3.8, 4) is 0 Å². The molecule has 1 aliphatic rings. The van der Waals surface area contributed by atoms with Crippen molar-refractivity contribution in [2.75, 3.05) is 13.1 Å². The zero-order valence-corrected chi connectivity index (χ0v) is 12.8. The van der Waals surface area contributed by atoms with Crippen molar-refractivity contribution in [3.05, 3.63) is 80.9 Å². The Morgan fingerprint density at radius 3 is 2.41 bits per heavy atom. The van der Waals surface area contributed by atoms with Crippen molar-refractivity contribution in [2.45, 2.75) is 18.5 Å². The van der Waals surface area contributed by atoms with Crippen LogP contribution in [0.1, 0.15) is 17.0 Å². The first kappa shape index (κ1) is 15.0. The highest BCUT2D eigenvalue weighted by atomic mass is 35.5. The van der Waals surface area contributed by atoms with Gasteiger partial charge in [-0.25, -0.2) is 0 Å². The van der Waals surface area contributed by atoms with Crippen molar-refractivity contribution < 1.29 is 4.92 Å². The number of nitrogens with zero attached hydrogens (tertiary/aromatic N) is 2. The molecule has 0 spiro atoms. The van der Waals surface area contributed by atoms with Gasteiger partial charge < -0.3 is 0 Å². The molecule has 0 N–H and O–H groups in total. The van der Waals surface area contributed by atoms with Crippen LogP contribution < -0.4 is 0 Å². The smallest absolute Gasteiger partial charge is 0.233 e. The fraction of sp³-hybridized carbons (Fsp3) is 0.294. The SMILES string of the molecule is O=[N+]([O-])[C@H]1CN(Cc2ccccc2)C[C@@H]1c1ccc(Cl)cc1. The Kier molecular flexibility index (Phi) is 4.41. The molecule has 22 heavy (non-hydrogen) atoms. The number of rotatable bonds is 4. The van der Waals surface area contributed by atoms with E-state index in [1.807, 2.05) is 30.3 Å². The highest BCUT2D eigenvalue weighted by Crippen LogP contribution is 2.31. The van der Waals surface area contributed by atoms with Gasteiger partial charge in [-0.2, -0.15) is 0 Å². The van der Waals surface area contributed by atoms with Crippen molar-refractivity contribution in [1.82, 2.24) is 4.90 Å². The maximum absolute atomic E-state index is 11.4. The van der Waals surface area contributed by atoms with Crippen LogP contribution in [0.25, 0.3) is 0 Å². The normalized spacial score (nSPS) is 21.9. The molecule has 0 saturated carbocycles. The summed E-state index contributed by atoms with van der Waals surface area (Å²) in [5.41, 5.74) is 2.17. The lowest BCUT2D eigenvalue weighted by Crippen LogP contribution is -2.28. The fourth-order valence-electron chi connectivity index (χ4n) is 3.09. The van der Waals surface area contributed by atoms with Gasteiger partial charge in [-0.1, -0.05) is 54.1 Å². The molecule has 2 aromatic rings. The van der Waals surface area contributed by atoms with Gasteiger partial charge >= 0.3 is 0 Å². The minimum absolute atomic E-state index is 0.0871. The maximum Gasteiger partial charge on any atom is 0.233 e. The molecule has 2 aromatic carbocycles. The van der Waals surface area contributed by atoms with E-state index in [9.17, 15) is 10.1 Å². The quantitative estimate of drug-likeness (QED) is 0.639. The van der Waals surface area contributed by atoms with E-state index in [0.717, 1.165) is 12.1 Å². The van der Waals surface area contributed by atoms with Crippen LogP contribution >= 0.6 is 11.6 Å². The van der Waals surface area contributed by atoms with Gasteiger partial charge in [0.05, 0.1) is 12.5 Å². The molecule has 0 unspecified atom stereocenters. The first-order valence-corrected chi connectivity index (χ1v) is 7.66. The van der Waals surface area contributed by atoms with Crippen molar-refractivity contribution in [2.24, 2.45) is 0 Å².